The number of carbonyl (C=O) groups is 1. The van der Waals surface area contributed by atoms with Crippen molar-refractivity contribution < 1.29 is 14.1 Å². The van der Waals surface area contributed by atoms with Crippen molar-refractivity contribution in [1.29, 1.82) is 0 Å². The average molecular weight is 378 g/mol. The van der Waals surface area contributed by atoms with Gasteiger partial charge in [-0.15, -0.1) is 0 Å². The van der Waals surface area contributed by atoms with Crippen LogP contribution in [0.3, 0.4) is 0 Å². The van der Waals surface area contributed by atoms with Crippen molar-refractivity contribution in [2.75, 3.05) is 23.3 Å². The van der Waals surface area contributed by atoms with E-state index in [1.807, 2.05) is 4.90 Å². The normalized spacial score (nSPS) is 14.2. The second kappa shape index (κ2) is 7.70. The molecular formula is C18H17ClFN3O3. The molecule has 6 nitrogen and oxygen atoms in total. The Morgan fingerprint density at radius 1 is 1.15 bits per heavy atom. The van der Waals surface area contributed by atoms with Crippen LogP contribution in [0.25, 0.3) is 0 Å². The molecule has 3 rings (SSSR count). The first-order chi connectivity index (χ1) is 12.5. The summed E-state index contributed by atoms with van der Waals surface area (Å²) in [6, 6.07) is 8.22. The summed E-state index contributed by atoms with van der Waals surface area (Å²) in [7, 11) is 0. The minimum atomic E-state index is -0.591. The van der Waals surface area contributed by atoms with Gasteiger partial charge in [0.1, 0.15) is 11.5 Å². The monoisotopic (exact) mass is 377 g/mol. The van der Waals surface area contributed by atoms with Crippen LogP contribution in [0.2, 0.25) is 5.02 Å². The van der Waals surface area contributed by atoms with Gasteiger partial charge in [0.15, 0.2) is 0 Å². The van der Waals surface area contributed by atoms with Gasteiger partial charge in [-0.2, -0.15) is 0 Å². The van der Waals surface area contributed by atoms with Crippen LogP contribution in [0, 0.1) is 15.9 Å². The number of amides is 1. The van der Waals surface area contributed by atoms with Crippen LogP contribution in [0.1, 0.15) is 29.6 Å². The van der Waals surface area contributed by atoms with Gasteiger partial charge in [0.05, 0.1) is 9.95 Å². The van der Waals surface area contributed by atoms with Crippen molar-refractivity contribution in [2.45, 2.75) is 19.3 Å². The minimum Gasteiger partial charge on any atom is -0.366 e. The number of rotatable bonds is 4. The fourth-order valence-electron chi connectivity index (χ4n) is 2.99. The van der Waals surface area contributed by atoms with Crippen LogP contribution < -0.4 is 10.2 Å². The number of nitrogens with zero attached hydrogens (tertiary/aromatic N) is 2. The Morgan fingerprint density at radius 2 is 1.88 bits per heavy atom. The quantitative estimate of drug-likeness (QED) is 0.622. The lowest BCUT2D eigenvalue weighted by molar-refractivity contribution is -0.384. The van der Waals surface area contributed by atoms with Gasteiger partial charge in [-0.3, -0.25) is 14.9 Å². The maximum atomic E-state index is 13.2. The van der Waals surface area contributed by atoms with E-state index in [0.29, 0.717) is 11.4 Å². The Morgan fingerprint density at radius 3 is 2.54 bits per heavy atom. The van der Waals surface area contributed by atoms with Gasteiger partial charge >= 0.3 is 0 Å². The molecule has 1 fully saturated rings. The van der Waals surface area contributed by atoms with Crippen LogP contribution in [0.4, 0.5) is 21.5 Å². The molecule has 0 bridgehead atoms. The highest BCUT2D eigenvalue weighted by Gasteiger charge is 2.23. The summed E-state index contributed by atoms with van der Waals surface area (Å²) >= 11 is 5.70. The third kappa shape index (κ3) is 3.94. The van der Waals surface area contributed by atoms with Gasteiger partial charge in [0, 0.05) is 30.4 Å². The third-order valence-electron chi connectivity index (χ3n) is 4.31. The number of benzene rings is 2. The highest BCUT2D eigenvalue weighted by atomic mass is 35.5. The highest BCUT2D eigenvalue weighted by Crippen LogP contribution is 2.31. The van der Waals surface area contributed by atoms with Gasteiger partial charge in [-0.05, 0) is 49.6 Å². The fourth-order valence-corrected chi connectivity index (χ4v) is 3.17. The van der Waals surface area contributed by atoms with Crippen molar-refractivity contribution in [3.8, 4) is 0 Å². The number of nitro benzene ring substituents is 1. The lowest BCUT2D eigenvalue weighted by Gasteiger charge is -2.28. The van der Waals surface area contributed by atoms with E-state index in [-0.39, 0.29) is 16.3 Å². The van der Waals surface area contributed by atoms with Gasteiger partial charge in [-0.25, -0.2) is 4.39 Å². The zero-order valence-electron chi connectivity index (χ0n) is 13.9. The van der Waals surface area contributed by atoms with Crippen LogP contribution in [-0.4, -0.2) is 23.9 Å². The number of halogens is 2. The maximum Gasteiger partial charge on any atom is 0.293 e. The number of hydrogen-bond donors (Lipinski definition) is 1. The van der Waals surface area contributed by atoms with Crippen LogP contribution in [0.5, 0.6) is 0 Å². The number of piperidine rings is 1. The molecule has 1 amide bonds. The second-order valence-corrected chi connectivity index (χ2v) is 6.50. The summed E-state index contributed by atoms with van der Waals surface area (Å²) < 4.78 is 13.2. The molecule has 0 unspecified atom stereocenters. The summed E-state index contributed by atoms with van der Waals surface area (Å²) in [5, 5.41) is 13.9. The number of nitro groups is 1. The first kappa shape index (κ1) is 18.1. The Labute approximate surface area is 154 Å². The SMILES string of the molecule is O=C(Nc1ccc(F)c(Cl)c1)c1ccc(N2CCCCC2)c([N+](=O)[O-])c1. The molecule has 0 aliphatic carbocycles. The fraction of sp³-hybridized carbons (Fsp3) is 0.278. The van der Waals surface area contributed by atoms with Gasteiger partial charge in [-0.1, -0.05) is 11.6 Å². The molecular weight excluding hydrogens is 361 g/mol. The molecule has 0 radical (unpaired) electrons. The van der Waals surface area contributed by atoms with Crippen molar-refractivity contribution >= 4 is 34.6 Å². The Hall–Kier alpha value is -2.67. The molecule has 2 aromatic rings. The molecule has 1 aliphatic heterocycles. The van der Waals surface area contributed by atoms with E-state index >= 15 is 0 Å². The number of anilines is 2. The van der Waals surface area contributed by atoms with Crippen LogP contribution >= 0.6 is 11.6 Å². The van der Waals surface area contributed by atoms with Crippen molar-refractivity contribution in [3.05, 3.63) is 62.9 Å². The number of hydrogen-bond acceptors (Lipinski definition) is 4. The first-order valence-corrected chi connectivity index (χ1v) is 8.63. The Balaban J connectivity index is 1.85. The van der Waals surface area contributed by atoms with Crippen LogP contribution in [-0.2, 0) is 0 Å². The van der Waals surface area contributed by atoms with Gasteiger partial charge in [0.25, 0.3) is 11.6 Å². The lowest BCUT2D eigenvalue weighted by atomic mass is 10.1. The highest BCUT2D eigenvalue weighted by molar-refractivity contribution is 6.31. The van der Waals surface area contributed by atoms with Gasteiger partial charge in [0.2, 0.25) is 0 Å². The molecule has 0 spiro atoms. The molecule has 1 aliphatic rings. The van der Waals surface area contributed by atoms with Crippen molar-refractivity contribution in [2.24, 2.45) is 0 Å². The summed E-state index contributed by atoms with van der Waals surface area (Å²) in [6.07, 6.45) is 3.10. The zero-order chi connectivity index (χ0) is 18.7. The lowest BCUT2D eigenvalue weighted by Crippen LogP contribution is -2.30. The van der Waals surface area contributed by atoms with E-state index in [1.54, 1.807) is 12.1 Å². The zero-order valence-corrected chi connectivity index (χ0v) is 14.6. The minimum absolute atomic E-state index is 0.100. The predicted molar refractivity (Wildman–Crippen MR) is 98.5 cm³/mol. The molecule has 2 aromatic carbocycles. The second-order valence-electron chi connectivity index (χ2n) is 6.09. The standard InChI is InChI=1S/C18H17ClFN3O3/c19-14-11-13(5-6-15(14)20)21-18(24)12-4-7-16(17(10-12)23(25)26)22-8-2-1-3-9-22/h4-7,10-11H,1-3,8-9H2,(H,21,24). The third-order valence-corrected chi connectivity index (χ3v) is 4.60. The van der Waals surface area contributed by atoms with E-state index in [9.17, 15) is 19.3 Å². The Bertz CT molecular complexity index is 854. The van der Waals surface area contributed by atoms with E-state index < -0.39 is 16.6 Å². The molecule has 0 aromatic heterocycles. The van der Waals surface area contributed by atoms with Crippen LogP contribution in [0.15, 0.2) is 36.4 Å². The summed E-state index contributed by atoms with van der Waals surface area (Å²) in [5.74, 6) is -1.12. The smallest absolute Gasteiger partial charge is 0.293 e. The largest absolute Gasteiger partial charge is 0.366 e. The Kier molecular flexibility index (Phi) is 5.37. The molecule has 136 valence electrons. The van der Waals surface area contributed by atoms with Crippen molar-refractivity contribution in [3.63, 3.8) is 0 Å². The number of nitrogens with one attached hydrogen (secondary N) is 1. The summed E-state index contributed by atoms with van der Waals surface area (Å²) in [4.78, 5) is 25.4. The molecule has 0 saturated carbocycles. The topological polar surface area (TPSA) is 75.5 Å². The molecule has 0 atom stereocenters. The molecule has 1 heterocycles. The molecule has 8 heteroatoms. The average Bonchev–Trinajstić information content (AvgIpc) is 2.65. The summed E-state index contributed by atoms with van der Waals surface area (Å²) in [5.41, 5.74) is 0.884. The van der Waals surface area contributed by atoms with E-state index in [0.717, 1.165) is 38.4 Å². The molecule has 26 heavy (non-hydrogen) atoms. The maximum absolute atomic E-state index is 13.2. The van der Waals surface area contributed by atoms with E-state index in [1.165, 1.54) is 18.2 Å². The molecule has 1 N–H and O–H groups in total. The van der Waals surface area contributed by atoms with E-state index in [4.69, 9.17) is 11.6 Å². The number of carbonyl (C=O) groups excluding carboxylic acids is 1. The summed E-state index contributed by atoms with van der Waals surface area (Å²) in [6.45, 7) is 1.53. The first-order valence-electron chi connectivity index (χ1n) is 8.25. The predicted octanol–water partition coefficient (Wildman–Crippen LogP) is 4.63. The van der Waals surface area contributed by atoms with E-state index in [2.05, 4.69) is 5.32 Å². The van der Waals surface area contributed by atoms with Crippen molar-refractivity contribution in [1.82, 2.24) is 0 Å². The van der Waals surface area contributed by atoms with Gasteiger partial charge < -0.3 is 10.2 Å². The molecule has 1 saturated heterocycles.